The van der Waals surface area contributed by atoms with Gasteiger partial charge in [-0.05, 0) is 43.7 Å². The number of aryl methyl sites for hydroxylation is 1. The van der Waals surface area contributed by atoms with Gasteiger partial charge in [-0.25, -0.2) is 15.0 Å². The lowest BCUT2D eigenvalue weighted by atomic mass is 10.1. The number of fused-ring (bicyclic) bond motifs is 1. The highest BCUT2D eigenvalue weighted by Crippen LogP contribution is 2.28. The Morgan fingerprint density at radius 3 is 2.74 bits per heavy atom. The van der Waals surface area contributed by atoms with Gasteiger partial charge in [-0.1, -0.05) is 18.2 Å². The first-order valence-electron chi connectivity index (χ1n) is 9.52. The molecule has 2 aromatic heterocycles. The first kappa shape index (κ1) is 21.0. The number of benzene rings is 2. The fraction of sp³-hybridized carbons (Fsp3) is 0.227. The van der Waals surface area contributed by atoms with E-state index in [1.807, 2.05) is 44.2 Å². The standard InChI is InChI=1S/C22H19F3N4OS/c1-13(15-4-3-5-17(8-15)30-11-22(23,24)25)27-21-10-19(28-14(2)29-21)16-6-7-18-20(9-16)31-12-26-18/h3-10,12-13H,11H2,1-2H3,(H,27,28,29). The van der Waals surface area contributed by atoms with Crippen molar-refractivity contribution in [2.24, 2.45) is 0 Å². The van der Waals surface area contributed by atoms with Crippen LogP contribution in [0.1, 0.15) is 24.4 Å². The van der Waals surface area contributed by atoms with Crippen LogP contribution in [0.2, 0.25) is 0 Å². The molecule has 0 fully saturated rings. The number of halogens is 3. The molecule has 0 aliphatic carbocycles. The quantitative estimate of drug-likeness (QED) is 0.385. The molecule has 0 bridgehead atoms. The maximum Gasteiger partial charge on any atom is 0.422 e. The molecule has 0 radical (unpaired) electrons. The second kappa shape index (κ2) is 8.50. The maximum atomic E-state index is 12.4. The number of anilines is 1. The number of nitrogens with zero attached hydrogens (tertiary/aromatic N) is 3. The molecular formula is C22H19F3N4OS. The second-order valence-electron chi connectivity index (χ2n) is 7.06. The van der Waals surface area contributed by atoms with Crippen molar-refractivity contribution in [3.63, 3.8) is 0 Å². The van der Waals surface area contributed by atoms with Crippen LogP contribution in [0.25, 0.3) is 21.5 Å². The van der Waals surface area contributed by atoms with Crippen LogP contribution in [0, 0.1) is 6.92 Å². The van der Waals surface area contributed by atoms with Crippen LogP contribution in [-0.4, -0.2) is 27.7 Å². The average molecular weight is 444 g/mol. The summed E-state index contributed by atoms with van der Waals surface area (Å²) in [7, 11) is 0. The molecule has 4 rings (SSSR count). The van der Waals surface area contributed by atoms with E-state index in [0.29, 0.717) is 11.6 Å². The van der Waals surface area contributed by atoms with Crippen molar-refractivity contribution in [1.29, 1.82) is 0 Å². The van der Waals surface area contributed by atoms with Crippen LogP contribution in [-0.2, 0) is 0 Å². The third kappa shape index (κ3) is 5.29. The van der Waals surface area contributed by atoms with Crippen LogP contribution in [0.5, 0.6) is 5.75 Å². The summed E-state index contributed by atoms with van der Waals surface area (Å²) < 4.78 is 43.2. The molecule has 0 aliphatic heterocycles. The number of alkyl halides is 3. The minimum absolute atomic E-state index is 0.167. The number of ether oxygens (including phenoxy) is 1. The summed E-state index contributed by atoms with van der Waals surface area (Å²) in [6.07, 6.45) is -4.38. The van der Waals surface area contributed by atoms with Crippen LogP contribution >= 0.6 is 11.3 Å². The van der Waals surface area contributed by atoms with E-state index in [9.17, 15) is 13.2 Å². The molecular weight excluding hydrogens is 425 g/mol. The van der Waals surface area contributed by atoms with Gasteiger partial charge in [0, 0.05) is 11.6 Å². The minimum atomic E-state index is -4.38. The van der Waals surface area contributed by atoms with E-state index >= 15 is 0 Å². The molecule has 31 heavy (non-hydrogen) atoms. The van der Waals surface area contributed by atoms with E-state index < -0.39 is 12.8 Å². The first-order chi connectivity index (χ1) is 14.8. The molecule has 2 aromatic carbocycles. The zero-order valence-electron chi connectivity index (χ0n) is 16.8. The molecule has 0 saturated heterocycles. The molecule has 1 N–H and O–H groups in total. The van der Waals surface area contributed by atoms with E-state index in [0.717, 1.165) is 27.0 Å². The predicted octanol–water partition coefficient (Wildman–Crippen LogP) is 6.18. The first-order valence-corrected chi connectivity index (χ1v) is 10.4. The Balaban J connectivity index is 1.54. The minimum Gasteiger partial charge on any atom is -0.484 e. The molecule has 9 heteroatoms. The zero-order valence-corrected chi connectivity index (χ0v) is 17.6. The SMILES string of the molecule is Cc1nc(NC(C)c2cccc(OCC(F)(F)F)c2)cc(-c2ccc3ncsc3c2)n1. The monoisotopic (exact) mass is 444 g/mol. The number of hydrogen-bond acceptors (Lipinski definition) is 6. The largest absolute Gasteiger partial charge is 0.484 e. The molecule has 0 spiro atoms. The molecule has 160 valence electrons. The normalized spacial score (nSPS) is 12.7. The Morgan fingerprint density at radius 1 is 1.10 bits per heavy atom. The molecule has 0 aliphatic rings. The third-order valence-electron chi connectivity index (χ3n) is 4.59. The van der Waals surface area contributed by atoms with Crippen LogP contribution in [0.3, 0.4) is 0 Å². The second-order valence-corrected chi connectivity index (χ2v) is 7.95. The van der Waals surface area contributed by atoms with Crippen molar-refractivity contribution in [1.82, 2.24) is 15.0 Å². The van der Waals surface area contributed by atoms with Crippen molar-refractivity contribution in [2.45, 2.75) is 26.1 Å². The van der Waals surface area contributed by atoms with Crippen molar-refractivity contribution >= 4 is 27.4 Å². The summed E-state index contributed by atoms with van der Waals surface area (Å²) >= 11 is 1.57. The lowest BCUT2D eigenvalue weighted by Gasteiger charge is -2.17. The summed E-state index contributed by atoms with van der Waals surface area (Å²) in [6, 6.07) is 14.2. The van der Waals surface area contributed by atoms with Crippen LogP contribution in [0.15, 0.2) is 54.0 Å². The summed E-state index contributed by atoms with van der Waals surface area (Å²) in [6.45, 7) is 2.40. The molecule has 1 unspecified atom stereocenters. The number of hydrogen-bond donors (Lipinski definition) is 1. The van der Waals surface area contributed by atoms with Gasteiger partial charge in [0.2, 0.25) is 0 Å². The van der Waals surface area contributed by atoms with Gasteiger partial charge in [-0.15, -0.1) is 11.3 Å². The number of thiazole rings is 1. The molecule has 0 saturated carbocycles. The molecule has 1 atom stereocenters. The van der Waals surface area contributed by atoms with E-state index in [-0.39, 0.29) is 11.8 Å². The Labute approximate surface area is 181 Å². The van der Waals surface area contributed by atoms with Crippen molar-refractivity contribution in [3.8, 4) is 17.0 Å². The topological polar surface area (TPSA) is 59.9 Å². The highest BCUT2D eigenvalue weighted by atomic mass is 32.1. The summed E-state index contributed by atoms with van der Waals surface area (Å²) in [4.78, 5) is 13.3. The lowest BCUT2D eigenvalue weighted by molar-refractivity contribution is -0.153. The Kier molecular flexibility index (Phi) is 5.77. The van der Waals surface area contributed by atoms with E-state index in [2.05, 4.69) is 20.3 Å². The van der Waals surface area contributed by atoms with E-state index in [1.54, 1.807) is 29.0 Å². The van der Waals surface area contributed by atoms with Gasteiger partial charge in [0.1, 0.15) is 17.4 Å². The Hall–Kier alpha value is -3.20. The molecule has 0 amide bonds. The van der Waals surface area contributed by atoms with Gasteiger partial charge >= 0.3 is 6.18 Å². The van der Waals surface area contributed by atoms with Gasteiger partial charge in [0.25, 0.3) is 0 Å². The molecule has 5 nitrogen and oxygen atoms in total. The van der Waals surface area contributed by atoms with Gasteiger partial charge in [-0.3, -0.25) is 0 Å². The van der Waals surface area contributed by atoms with Gasteiger partial charge < -0.3 is 10.1 Å². The van der Waals surface area contributed by atoms with E-state index in [4.69, 9.17) is 4.74 Å². The van der Waals surface area contributed by atoms with Gasteiger partial charge in [0.05, 0.1) is 27.5 Å². The van der Waals surface area contributed by atoms with Crippen LogP contribution in [0.4, 0.5) is 19.0 Å². The average Bonchev–Trinajstić information content (AvgIpc) is 3.19. The smallest absolute Gasteiger partial charge is 0.422 e. The number of rotatable bonds is 6. The fourth-order valence-electron chi connectivity index (χ4n) is 3.15. The van der Waals surface area contributed by atoms with Gasteiger partial charge in [-0.2, -0.15) is 13.2 Å². The predicted molar refractivity (Wildman–Crippen MR) is 115 cm³/mol. The summed E-state index contributed by atoms with van der Waals surface area (Å²) in [5.41, 5.74) is 5.27. The van der Waals surface area contributed by atoms with Gasteiger partial charge in [0.15, 0.2) is 6.61 Å². The van der Waals surface area contributed by atoms with E-state index in [1.165, 1.54) is 6.07 Å². The molecule has 2 heterocycles. The van der Waals surface area contributed by atoms with Crippen LogP contribution < -0.4 is 10.1 Å². The highest BCUT2D eigenvalue weighted by molar-refractivity contribution is 7.16. The maximum absolute atomic E-state index is 12.4. The third-order valence-corrected chi connectivity index (χ3v) is 5.38. The Bertz CT molecular complexity index is 1210. The zero-order chi connectivity index (χ0) is 22.0. The summed E-state index contributed by atoms with van der Waals surface area (Å²) in [5.74, 6) is 1.40. The number of nitrogens with one attached hydrogen (secondary N) is 1. The van der Waals surface area contributed by atoms with Crippen molar-refractivity contribution < 1.29 is 17.9 Å². The summed E-state index contributed by atoms with van der Waals surface area (Å²) in [5, 5.41) is 3.30. The van der Waals surface area contributed by atoms with Crippen molar-refractivity contribution in [3.05, 3.63) is 65.4 Å². The van der Waals surface area contributed by atoms with Crippen molar-refractivity contribution in [2.75, 3.05) is 11.9 Å². The number of aromatic nitrogens is 3. The molecule has 4 aromatic rings. The Morgan fingerprint density at radius 2 is 1.94 bits per heavy atom. The lowest BCUT2D eigenvalue weighted by Crippen LogP contribution is -2.19. The highest BCUT2D eigenvalue weighted by Gasteiger charge is 2.28. The fourth-order valence-corrected chi connectivity index (χ4v) is 3.86.